The van der Waals surface area contributed by atoms with Gasteiger partial charge in [-0.15, -0.1) is 0 Å². The van der Waals surface area contributed by atoms with Gasteiger partial charge in [0.2, 0.25) is 0 Å². The minimum atomic E-state index is -0.926. The van der Waals surface area contributed by atoms with Crippen LogP contribution in [0.25, 0.3) is 0 Å². The third-order valence-corrected chi connectivity index (χ3v) is 2.98. The van der Waals surface area contributed by atoms with Gasteiger partial charge in [-0.3, -0.25) is 19.2 Å². The molecule has 1 atom stereocenters. The van der Waals surface area contributed by atoms with E-state index in [0.29, 0.717) is 15.6 Å². The Morgan fingerprint density at radius 3 is 2.53 bits per heavy atom. The van der Waals surface area contributed by atoms with E-state index in [4.69, 9.17) is 16.4 Å². The van der Waals surface area contributed by atoms with Gasteiger partial charge >= 0.3 is 0 Å². The Labute approximate surface area is 115 Å². The van der Waals surface area contributed by atoms with Crippen LogP contribution in [0.3, 0.4) is 0 Å². The molecular formula is C13H12ClNO4. The van der Waals surface area contributed by atoms with Crippen LogP contribution in [0, 0.1) is 0 Å². The van der Waals surface area contributed by atoms with Gasteiger partial charge in [-0.25, -0.2) is 0 Å². The highest BCUT2D eigenvalue weighted by molar-refractivity contribution is 6.31. The maximum atomic E-state index is 12.1. The lowest BCUT2D eigenvalue weighted by molar-refractivity contribution is -0.194. The number of hydroxylamine groups is 2. The van der Waals surface area contributed by atoms with Gasteiger partial charge in [-0.2, -0.15) is 5.06 Å². The van der Waals surface area contributed by atoms with Gasteiger partial charge in [0.15, 0.2) is 5.78 Å². The van der Waals surface area contributed by atoms with E-state index < -0.39 is 17.9 Å². The number of amides is 2. The Kier molecular flexibility index (Phi) is 3.97. The van der Waals surface area contributed by atoms with Crippen LogP contribution in [0.5, 0.6) is 0 Å². The van der Waals surface area contributed by atoms with Gasteiger partial charge in [-0.1, -0.05) is 23.7 Å². The van der Waals surface area contributed by atoms with Crippen molar-refractivity contribution >= 4 is 29.2 Å². The maximum Gasteiger partial charge on any atom is 0.254 e. The Morgan fingerprint density at radius 2 is 1.95 bits per heavy atom. The van der Waals surface area contributed by atoms with Gasteiger partial charge in [-0.05, 0) is 19.1 Å². The quantitative estimate of drug-likeness (QED) is 0.625. The summed E-state index contributed by atoms with van der Waals surface area (Å²) in [6.45, 7) is 1.49. The first-order valence-electron chi connectivity index (χ1n) is 5.81. The number of benzene rings is 1. The van der Waals surface area contributed by atoms with Crippen molar-refractivity contribution in [2.24, 2.45) is 0 Å². The normalized spacial score (nSPS) is 16.8. The second-order valence-corrected chi connectivity index (χ2v) is 4.64. The van der Waals surface area contributed by atoms with E-state index >= 15 is 0 Å². The number of nitrogens with zero attached hydrogens (tertiary/aromatic N) is 1. The van der Waals surface area contributed by atoms with Crippen LogP contribution in [0.15, 0.2) is 24.3 Å². The summed E-state index contributed by atoms with van der Waals surface area (Å²) in [6.07, 6.45) is -0.683. The predicted molar refractivity (Wildman–Crippen MR) is 67.4 cm³/mol. The lowest BCUT2D eigenvalue weighted by Crippen LogP contribution is -2.36. The first kappa shape index (κ1) is 13.7. The van der Waals surface area contributed by atoms with E-state index in [-0.39, 0.29) is 18.6 Å². The number of carbonyl (C=O) groups is 3. The number of ketones is 1. The molecule has 100 valence electrons. The van der Waals surface area contributed by atoms with E-state index in [2.05, 4.69) is 0 Å². The maximum absolute atomic E-state index is 12.1. The Bertz CT molecular complexity index is 527. The van der Waals surface area contributed by atoms with Gasteiger partial charge in [0.05, 0.1) is 0 Å². The molecule has 1 aliphatic rings. The summed E-state index contributed by atoms with van der Waals surface area (Å²) in [6, 6.07) is 6.41. The number of hydrogen-bond acceptors (Lipinski definition) is 4. The molecule has 0 aliphatic carbocycles. The average Bonchev–Trinajstić information content (AvgIpc) is 2.69. The fourth-order valence-corrected chi connectivity index (χ4v) is 1.95. The molecule has 1 saturated heterocycles. The number of carbonyl (C=O) groups excluding carboxylic acids is 3. The molecular weight excluding hydrogens is 270 g/mol. The summed E-state index contributed by atoms with van der Waals surface area (Å²) in [5.41, 5.74) is 0.374. The van der Waals surface area contributed by atoms with Crippen molar-refractivity contribution in [2.75, 3.05) is 0 Å². The summed E-state index contributed by atoms with van der Waals surface area (Å²) in [4.78, 5) is 40.0. The molecule has 0 N–H and O–H groups in total. The van der Waals surface area contributed by atoms with E-state index in [1.165, 1.54) is 13.0 Å². The summed E-state index contributed by atoms with van der Waals surface area (Å²) in [5, 5.41) is 1.11. The SMILES string of the molecule is CC(ON1C(=O)CCC1=O)C(=O)c1cccc(Cl)c1. The van der Waals surface area contributed by atoms with E-state index in [1.807, 2.05) is 0 Å². The van der Waals surface area contributed by atoms with Crippen molar-refractivity contribution in [3.05, 3.63) is 34.9 Å². The van der Waals surface area contributed by atoms with Crippen molar-refractivity contribution in [1.29, 1.82) is 0 Å². The summed E-state index contributed by atoms with van der Waals surface area (Å²) in [5.74, 6) is -1.18. The molecule has 19 heavy (non-hydrogen) atoms. The molecule has 1 fully saturated rings. The van der Waals surface area contributed by atoms with E-state index in [1.54, 1.807) is 18.2 Å². The number of Topliss-reactive ketones (excluding diaryl/α,β-unsaturated/α-hetero) is 1. The fraction of sp³-hybridized carbons (Fsp3) is 0.308. The average molecular weight is 282 g/mol. The predicted octanol–water partition coefficient (Wildman–Crippen LogP) is 1.99. The van der Waals surface area contributed by atoms with Crippen molar-refractivity contribution < 1.29 is 19.2 Å². The van der Waals surface area contributed by atoms with Gasteiger partial charge < -0.3 is 0 Å². The van der Waals surface area contributed by atoms with Crippen molar-refractivity contribution in [2.45, 2.75) is 25.9 Å². The third kappa shape index (κ3) is 3.00. The number of rotatable bonds is 4. The lowest BCUT2D eigenvalue weighted by Gasteiger charge is -2.18. The van der Waals surface area contributed by atoms with Crippen molar-refractivity contribution in [3.63, 3.8) is 0 Å². The molecule has 0 aromatic heterocycles. The zero-order chi connectivity index (χ0) is 14.0. The van der Waals surface area contributed by atoms with Gasteiger partial charge in [0.25, 0.3) is 11.8 Å². The lowest BCUT2D eigenvalue weighted by atomic mass is 10.1. The van der Waals surface area contributed by atoms with E-state index in [9.17, 15) is 14.4 Å². The highest BCUT2D eigenvalue weighted by Gasteiger charge is 2.33. The highest BCUT2D eigenvalue weighted by atomic mass is 35.5. The topological polar surface area (TPSA) is 63.7 Å². The van der Waals surface area contributed by atoms with Crippen molar-refractivity contribution in [3.8, 4) is 0 Å². The second kappa shape index (κ2) is 5.50. The number of halogens is 1. The molecule has 0 spiro atoms. The smallest absolute Gasteiger partial charge is 0.254 e. The van der Waals surface area contributed by atoms with Crippen molar-refractivity contribution in [1.82, 2.24) is 5.06 Å². The molecule has 1 aromatic rings. The molecule has 0 bridgehead atoms. The minimum absolute atomic E-state index is 0.122. The molecule has 0 saturated carbocycles. The molecule has 1 unspecified atom stereocenters. The Balaban J connectivity index is 2.07. The van der Waals surface area contributed by atoms with Gasteiger partial charge in [0.1, 0.15) is 6.10 Å². The highest BCUT2D eigenvalue weighted by Crippen LogP contribution is 2.17. The molecule has 2 amide bonds. The zero-order valence-electron chi connectivity index (χ0n) is 10.3. The largest absolute Gasteiger partial charge is 0.291 e. The fourth-order valence-electron chi connectivity index (χ4n) is 1.76. The first-order valence-corrected chi connectivity index (χ1v) is 6.19. The summed E-state index contributed by atoms with van der Waals surface area (Å²) >= 11 is 5.80. The van der Waals surface area contributed by atoms with E-state index in [0.717, 1.165) is 0 Å². The van der Waals surface area contributed by atoms with Crippen LogP contribution in [0.2, 0.25) is 5.02 Å². The Hall–Kier alpha value is -1.72. The zero-order valence-corrected chi connectivity index (χ0v) is 11.0. The molecule has 1 aliphatic heterocycles. The number of imide groups is 1. The summed E-state index contributed by atoms with van der Waals surface area (Å²) in [7, 11) is 0. The van der Waals surface area contributed by atoms with Crippen LogP contribution in [0.4, 0.5) is 0 Å². The van der Waals surface area contributed by atoms with Crippen LogP contribution >= 0.6 is 11.6 Å². The van der Waals surface area contributed by atoms with Crippen LogP contribution in [-0.4, -0.2) is 28.8 Å². The molecule has 5 nitrogen and oxygen atoms in total. The molecule has 2 rings (SSSR count). The van der Waals surface area contributed by atoms with Crippen LogP contribution in [-0.2, 0) is 14.4 Å². The second-order valence-electron chi connectivity index (χ2n) is 4.20. The van der Waals surface area contributed by atoms with Crippen LogP contribution < -0.4 is 0 Å². The Morgan fingerprint density at radius 1 is 1.32 bits per heavy atom. The molecule has 0 radical (unpaired) electrons. The molecule has 6 heteroatoms. The monoisotopic (exact) mass is 281 g/mol. The number of hydrogen-bond donors (Lipinski definition) is 0. The summed E-state index contributed by atoms with van der Waals surface area (Å²) < 4.78 is 0. The molecule has 1 aromatic carbocycles. The minimum Gasteiger partial charge on any atom is -0.291 e. The third-order valence-electron chi connectivity index (χ3n) is 2.75. The van der Waals surface area contributed by atoms with Crippen LogP contribution in [0.1, 0.15) is 30.1 Å². The molecule has 1 heterocycles. The first-order chi connectivity index (χ1) is 8.99. The standard InChI is InChI=1S/C13H12ClNO4/c1-8(19-15-11(16)5-6-12(15)17)13(18)9-3-2-4-10(14)7-9/h2-4,7-8H,5-6H2,1H3. The van der Waals surface area contributed by atoms with Gasteiger partial charge in [0, 0.05) is 23.4 Å².